The van der Waals surface area contributed by atoms with Gasteiger partial charge < -0.3 is 12.0 Å². The third kappa shape index (κ3) is 9.16. The SMILES string of the molecule is CC[C@H](O)c1ccc(C#C[Si](C)(C)C)cc1.[CH2-]C.[Zn]. The summed E-state index contributed by atoms with van der Waals surface area (Å²) in [5.41, 5.74) is 5.34. The molecular formula is C16H25OSiZn-. The Bertz CT molecular complexity index is 395. The molecule has 0 bridgehead atoms. The van der Waals surface area contributed by atoms with E-state index < -0.39 is 8.07 Å². The molecular weight excluding hydrogens is 302 g/mol. The Labute approximate surface area is 132 Å². The summed E-state index contributed by atoms with van der Waals surface area (Å²) in [4.78, 5) is 0. The average molecular weight is 327 g/mol. The minimum atomic E-state index is -1.29. The Hall–Kier alpha value is -0.420. The van der Waals surface area contributed by atoms with Crippen molar-refractivity contribution in [2.24, 2.45) is 0 Å². The van der Waals surface area contributed by atoms with Gasteiger partial charge in [0.2, 0.25) is 0 Å². The van der Waals surface area contributed by atoms with Crippen LogP contribution in [0.15, 0.2) is 24.3 Å². The Balaban J connectivity index is 0. The molecule has 1 nitrogen and oxygen atoms in total. The van der Waals surface area contributed by atoms with Crippen LogP contribution in [0.3, 0.4) is 0 Å². The van der Waals surface area contributed by atoms with E-state index in [1.54, 1.807) is 6.92 Å². The fraction of sp³-hybridized carbons (Fsp3) is 0.438. The first-order valence-corrected chi connectivity index (χ1v) is 9.94. The molecule has 0 heterocycles. The third-order valence-electron chi connectivity index (χ3n) is 2.26. The first-order chi connectivity index (χ1) is 8.42. The third-order valence-corrected chi connectivity index (χ3v) is 3.14. The van der Waals surface area contributed by atoms with Crippen molar-refractivity contribution in [1.29, 1.82) is 0 Å². The second-order valence-corrected chi connectivity index (χ2v) is 9.80. The Kier molecular flexibility index (Phi) is 11.4. The van der Waals surface area contributed by atoms with Crippen molar-refractivity contribution in [2.45, 2.75) is 46.0 Å². The fourth-order valence-electron chi connectivity index (χ4n) is 1.28. The molecule has 102 valence electrons. The second kappa shape index (κ2) is 10.4. The van der Waals surface area contributed by atoms with Crippen LogP contribution in [0.2, 0.25) is 19.6 Å². The number of rotatable bonds is 2. The largest absolute Gasteiger partial charge is 0.388 e. The predicted molar refractivity (Wildman–Crippen MR) is 82.9 cm³/mol. The maximum absolute atomic E-state index is 9.65. The van der Waals surface area contributed by atoms with Crippen LogP contribution in [0.25, 0.3) is 0 Å². The summed E-state index contributed by atoms with van der Waals surface area (Å²) < 4.78 is 0. The number of hydrogen-bond acceptors (Lipinski definition) is 1. The topological polar surface area (TPSA) is 20.2 Å². The molecule has 0 spiro atoms. The molecule has 1 N–H and O–H groups in total. The van der Waals surface area contributed by atoms with Crippen LogP contribution in [0.4, 0.5) is 0 Å². The summed E-state index contributed by atoms with van der Waals surface area (Å²) in [5.74, 6) is 3.20. The zero-order valence-electron chi connectivity index (χ0n) is 13.0. The molecule has 0 aromatic heterocycles. The number of aliphatic hydroxyl groups is 1. The smallest absolute Gasteiger partial charge is 0.129 e. The molecule has 1 aromatic rings. The molecule has 1 atom stereocenters. The standard InChI is InChI=1S/C14H20OSi.C2H5.Zn/c1-5-14(15)13-8-6-12(7-9-13)10-11-16(2,3)4;1-2;/h6-9,14-15H,5H2,1-4H3;1H2,2H3;/q;-1;/t14-;;/m0../s1. The van der Waals surface area contributed by atoms with Gasteiger partial charge >= 0.3 is 0 Å². The maximum Gasteiger partial charge on any atom is 0.129 e. The molecule has 0 aliphatic heterocycles. The molecule has 19 heavy (non-hydrogen) atoms. The van der Waals surface area contributed by atoms with Gasteiger partial charge in [0, 0.05) is 25.0 Å². The van der Waals surface area contributed by atoms with Crippen LogP contribution in [0.5, 0.6) is 0 Å². The van der Waals surface area contributed by atoms with Gasteiger partial charge in [-0.15, -0.1) is 5.54 Å². The number of hydrogen-bond donors (Lipinski definition) is 1. The average Bonchev–Trinajstić information content (AvgIpc) is 2.37. The van der Waals surface area contributed by atoms with E-state index in [1.165, 1.54) is 0 Å². The van der Waals surface area contributed by atoms with Crippen LogP contribution in [0, 0.1) is 18.4 Å². The van der Waals surface area contributed by atoms with Crippen LogP contribution in [-0.2, 0) is 19.5 Å². The molecule has 3 heteroatoms. The molecule has 0 fully saturated rings. The van der Waals surface area contributed by atoms with Crippen LogP contribution in [-0.4, -0.2) is 13.2 Å². The summed E-state index contributed by atoms with van der Waals surface area (Å²) in [7, 11) is -1.29. The quantitative estimate of drug-likeness (QED) is 0.490. The van der Waals surface area contributed by atoms with Crippen molar-refractivity contribution in [3.05, 3.63) is 42.3 Å². The minimum Gasteiger partial charge on any atom is -0.388 e. The molecule has 0 amide bonds. The van der Waals surface area contributed by atoms with E-state index in [9.17, 15) is 5.11 Å². The van der Waals surface area contributed by atoms with Crippen LogP contribution >= 0.6 is 0 Å². The summed E-state index contributed by atoms with van der Waals surface area (Å²) in [6, 6.07) is 7.90. The fourth-order valence-corrected chi connectivity index (χ4v) is 1.80. The van der Waals surface area contributed by atoms with Gasteiger partial charge in [-0.05, 0) is 24.1 Å². The van der Waals surface area contributed by atoms with Gasteiger partial charge in [-0.1, -0.05) is 44.6 Å². The van der Waals surface area contributed by atoms with Gasteiger partial charge in [-0.2, -0.15) is 6.92 Å². The minimum absolute atomic E-state index is 0. The monoisotopic (exact) mass is 325 g/mol. The van der Waals surface area contributed by atoms with E-state index >= 15 is 0 Å². The van der Waals surface area contributed by atoms with E-state index in [1.807, 2.05) is 31.2 Å². The van der Waals surface area contributed by atoms with Gasteiger partial charge in [-0.25, -0.2) is 0 Å². The first-order valence-electron chi connectivity index (χ1n) is 6.44. The van der Waals surface area contributed by atoms with Crippen LogP contribution in [0.1, 0.15) is 37.5 Å². The van der Waals surface area contributed by atoms with Crippen molar-refractivity contribution in [1.82, 2.24) is 0 Å². The Morgan fingerprint density at radius 1 is 1.16 bits per heavy atom. The summed E-state index contributed by atoms with van der Waals surface area (Å²) >= 11 is 0. The molecule has 0 radical (unpaired) electrons. The molecule has 0 saturated carbocycles. The van der Waals surface area contributed by atoms with Gasteiger partial charge in [0.25, 0.3) is 0 Å². The molecule has 0 unspecified atom stereocenters. The van der Waals surface area contributed by atoms with Gasteiger partial charge in [0.15, 0.2) is 0 Å². The van der Waals surface area contributed by atoms with Gasteiger partial charge in [0.05, 0.1) is 6.10 Å². The maximum atomic E-state index is 9.65. The molecule has 1 rings (SSSR count). The van der Waals surface area contributed by atoms with Gasteiger partial charge in [-0.3, -0.25) is 0 Å². The molecule has 0 aliphatic carbocycles. The van der Waals surface area contributed by atoms with E-state index in [2.05, 4.69) is 38.0 Å². The van der Waals surface area contributed by atoms with Gasteiger partial charge in [0.1, 0.15) is 8.07 Å². The van der Waals surface area contributed by atoms with Crippen molar-refractivity contribution in [3.63, 3.8) is 0 Å². The summed E-state index contributed by atoms with van der Waals surface area (Å²) in [6.45, 7) is 13.7. The van der Waals surface area contributed by atoms with E-state index in [0.717, 1.165) is 17.5 Å². The molecule has 1 aromatic carbocycles. The number of benzene rings is 1. The summed E-state index contributed by atoms with van der Waals surface area (Å²) in [5, 5.41) is 9.65. The Morgan fingerprint density at radius 3 is 2.00 bits per heavy atom. The zero-order valence-corrected chi connectivity index (χ0v) is 16.9. The van der Waals surface area contributed by atoms with Crippen molar-refractivity contribution in [3.8, 4) is 11.5 Å². The van der Waals surface area contributed by atoms with Crippen molar-refractivity contribution < 1.29 is 24.6 Å². The van der Waals surface area contributed by atoms with E-state index in [-0.39, 0.29) is 25.6 Å². The van der Waals surface area contributed by atoms with Crippen molar-refractivity contribution in [2.75, 3.05) is 0 Å². The summed E-state index contributed by atoms with van der Waals surface area (Å²) in [6.07, 6.45) is 0.402. The van der Waals surface area contributed by atoms with E-state index in [4.69, 9.17) is 0 Å². The predicted octanol–water partition coefficient (Wildman–Crippen LogP) is 4.20. The molecule has 0 aliphatic rings. The Morgan fingerprint density at radius 2 is 1.63 bits per heavy atom. The second-order valence-electron chi connectivity index (χ2n) is 5.05. The molecule has 0 saturated heterocycles. The first kappa shape index (κ1) is 20.9. The van der Waals surface area contributed by atoms with Crippen molar-refractivity contribution >= 4 is 8.07 Å². The normalized spacial score (nSPS) is 11.1. The number of aliphatic hydroxyl groups excluding tert-OH is 1. The van der Waals surface area contributed by atoms with E-state index in [0.29, 0.717) is 0 Å². The zero-order chi connectivity index (χ0) is 14.2. The van der Waals surface area contributed by atoms with Crippen LogP contribution < -0.4 is 0 Å².